The molecule has 0 aromatic heterocycles. The number of aliphatic hydroxyl groups is 1. The van der Waals surface area contributed by atoms with Crippen LogP contribution in [-0.2, 0) is 4.74 Å². The minimum absolute atomic E-state index is 0.246. The van der Waals surface area contributed by atoms with Crippen molar-refractivity contribution >= 4 is 6.09 Å². The quantitative estimate of drug-likeness (QED) is 0.553. The first-order valence-corrected chi connectivity index (χ1v) is 4.77. The Bertz CT molecular complexity index is 213. The lowest BCUT2D eigenvalue weighted by molar-refractivity contribution is 0.0461. The molecule has 0 bridgehead atoms. The van der Waals surface area contributed by atoms with Gasteiger partial charge in [0, 0.05) is 13.1 Å². The molecule has 0 unspecified atom stereocenters. The van der Waals surface area contributed by atoms with E-state index in [9.17, 15) is 9.90 Å². The van der Waals surface area contributed by atoms with Crippen LogP contribution in [0.4, 0.5) is 4.79 Å². The summed E-state index contributed by atoms with van der Waals surface area (Å²) in [7, 11) is 0. The lowest BCUT2D eigenvalue weighted by Crippen LogP contribution is -2.45. The Morgan fingerprint density at radius 2 is 2.14 bits per heavy atom. The second-order valence-electron chi connectivity index (χ2n) is 4.48. The summed E-state index contributed by atoms with van der Waals surface area (Å²) in [4.78, 5) is 11.3. The van der Waals surface area contributed by atoms with E-state index in [0.29, 0.717) is 13.1 Å². The molecule has 0 spiro atoms. The third-order valence-electron chi connectivity index (χ3n) is 1.88. The average Bonchev–Trinajstić information content (AvgIpc) is 2.32. The number of carbonyl (C=O) groups is 1. The fourth-order valence-corrected chi connectivity index (χ4v) is 1.27. The normalized spacial score (nSPS) is 27.4. The lowest BCUT2D eigenvalue weighted by Gasteiger charge is -2.22. The Labute approximate surface area is 83.8 Å². The largest absolute Gasteiger partial charge is 0.444 e. The van der Waals surface area contributed by atoms with E-state index in [1.807, 2.05) is 0 Å². The summed E-state index contributed by atoms with van der Waals surface area (Å²) in [5, 5.41) is 15.0. The van der Waals surface area contributed by atoms with Gasteiger partial charge in [0.05, 0.1) is 12.1 Å². The van der Waals surface area contributed by atoms with E-state index in [1.165, 1.54) is 0 Å². The SMILES string of the molecule is CC(C)(C)OC(=O)N[C@@H]1CNC[C@@H]1O. The van der Waals surface area contributed by atoms with Crippen LogP contribution in [-0.4, -0.2) is 42.0 Å². The molecule has 0 aromatic carbocycles. The number of carbonyl (C=O) groups excluding carboxylic acids is 1. The third kappa shape index (κ3) is 3.51. The monoisotopic (exact) mass is 202 g/mol. The summed E-state index contributed by atoms with van der Waals surface area (Å²) in [5.41, 5.74) is -0.499. The molecule has 3 N–H and O–H groups in total. The highest BCUT2D eigenvalue weighted by Gasteiger charge is 2.28. The summed E-state index contributed by atoms with van der Waals surface area (Å²) in [6.45, 7) is 6.50. The van der Waals surface area contributed by atoms with Crippen LogP contribution in [0.25, 0.3) is 0 Å². The topological polar surface area (TPSA) is 70.6 Å². The van der Waals surface area contributed by atoms with Gasteiger partial charge in [0.25, 0.3) is 0 Å². The van der Waals surface area contributed by atoms with Crippen molar-refractivity contribution in [1.29, 1.82) is 0 Å². The fraction of sp³-hybridized carbons (Fsp3) is 0.889. The molecule has 1 amide bonds. The van der Waals surface area contributed by atoms with Crippen molar-refractivity contribution in [3.05, 3.63) is 0 Å². The highest BCUT2D eigenvalue weighted by Crippen LogP contribution is 2.07. The van der Waals surface area contributed by atoms with Crippen LogP contribution in [0.15, 0.2) is 0 Å². The summed E-state index contributed by atoms with van der Waals surface area (Å²) in [5.74, 6) is 0. The molecule has 14 heavy (non-hydrogen) atoms. The van der Waals surface area contributed by atoms with Gasteiger partial charge in [-0.15, -0.1) is 0 Å². The van der Waals surface area contributed by atoms with E-state index < -0.39 is 17.8 Å². The molecule has 1 aliphatic heterocycles. The number of β-amino-alcohol motifs (C(OH)–C–C–N with tert-alkyl or cyclic N) is 1. The predicted molar refractivity (Wildman–Crippen MR) is 52.0 cm³/mol. The number of ether oxygens (including phenoxy) is 1. The van der Waals surface area contributed by atoms with Gasteiger partial charge < -0.3 is 20.5 Å². The molecule has 82 valence electrons. The van der Waals surface area contributed by atoms with Crippen molar-refractivity contribution in [2.75, 3.05) is 13.1 Å². The number of alkyl carbamates (subject to hydrolysis) is 1. The van der Waals surface area contributed by atoms with Gasteiger partial charge in [-0.2, -0.15) is 0 Å². The van der Waals surface area contributed by atoms with Crippen molar-refractivity contribution in [1.82, 2.24) is 10.6 Å². The van der Waals surface area contributed by atoms with E-state index in [4.69, 9.17) is 4.74 Å². The first kappa shape index (κ1) is 11.3. The van der Waals surface area contributed by atoms with E-state index in [1.54, 1.807) is 20.8 Å². The maximum atomic E-state index is 11.3. The number of amides is 1. The van der Waals surface area contributed by atoms with Gasteiger partial charge in [0.15, 0.2) is 0 Å². The van der Waals surface area contributed by atoms with Crippen molar-refractivity contribution in [3.8, 4) is 0 Å². The molecule has 1 saturated heterocycles. The van der Waals surface area contributed by atoms with Gasteiger partial charge in [-0.25, -0.2) is 4.79 Å². The Morgan fingerprint density at radius 3 is 2.57 bits per heavy atom. The Kier molecular flexibility index (Phi) is 3.34. The third-order valence-corrected chi connectivity index (χ3v) is 1.88. The van der Waals surface area contributed by atoms with Crippen LogP contribution >= 0.6 is 0 Å². The first-order valence-electron chi connectivity index (χ1n) is 4.77. The van der Waals surface area contributed by atoms with Crippen LogP contribution in [0.5, 0.6) is 0 Å². The molecule has 1 fully saturated rings. The maximum Gasteiger partial charge on any atom is 0.408 e. The molecule has 1 aliphatic rings. The van der Waals surface area contributed by atoms with Gasteiger partial charge in [-0.05, 0) is 20.8 Å². The summed E-state index contributed by atoms with van der Waals surface area (Å²) in [6, 6.07) is -0.246. The molecule has 0 aromatic rings. The van der Waals surface area contributed by atoms with Crippen LogP contribution < -0.4 is 10.6 Å². The second-order valence-corrected chi connectivity index (χ2v) is 4.48. The smallest absolute Gasteiger partial charge is 0.408 e. The van der Waals surface area contributed by atoms with Gasteiger partial charge in [-0.1, -0.05) is 0 Å². The second kappa shape index (κ2) is 4.14. The Hall–Kier alpha value is -0.810. The van der Waals surface area contributed by atoms with Gasteiger partial charge in [0.1, 0.15) is 5.60 Å². The van der Waals surface area contributed by atoms with Crippen molar-refractivity contribution in [3.63, 3.8) is 0 Å². The number of aliphatic hydroxyl groups excluding tert-OH is 1. The molecular weight excluding hydrogens is 184 g/mol. The average molecular weight is 202 g/mol. The van der Waals surface area contributed by atoms with Crippen molar-refractivity contribution in [2.45, 2.75) is 38.5 Å². The molecular formula is C9H18N2O3. The summed E-state index contributed by atoms with van der Waals surface area (Å²) in [6.07, 6.45) is -1.01. The maximum absolute atomic E-state index is 11.3. The molecule has 0 aliphatic carbocycles. The molecule has 0 radical (unpaired) electrons. The summed E-state index contributed by atoms with van der Waals surface area (Å²) < 4.78 is 5.06. The highest BCUT2D eigenvalue weighted by atomic mass is 16.6. The minimum Gasteiger partial charge on any atom is -0.444 e. The van der Waals surface area contributed by atoms with Crippen LogP contribution in [0.2, 0.25) is 0 Å². The Balaban J connectivity index is 2.33. The standard InChI is InChI=1S/C9H18N2O3/c1-9(2,3)14-8(13)11-6-4-10-5-7(6)12/h6-7,10,12H,4-5H2,1-3H3,(H,11,13)/t6-,7+/m1/s1. The molecule has 5 heteroatoms. The minimum atomic E-state index is -0.525. The molecule has 5 nitrogen and oxygen atoms in total. The molecule has 0 saturated carbocycles. The van der Waals surface area contributed by atoms with E-state index >= 15 is 0 Å². The van der Waals surface area contributed by atoms with Gasteiger partial charge in [0.2, 0.25) is 0 Å². The summed E-state index contributed by atoms with van der Waals surface area (Å²) >= 11 is 0. The van der Waals surface area contributed by atoms with Crippen LogP contribution in [0, 0.1) is 0 Å². The number of hydrogen-bond acceptors (Lipinski definition) is 4. The van der Waals surface area contributed by atoms with Crippen molar-refractivity contribution in [2.24, 2.45) is 0 Å². The van der Waals surface area contributed by atoms with E-state index in [2.05, 4.69) is 10.6 Å². The number of nitrogens with one attached hydrogen (secondary N) is 2. The fourth-order valence-electron chi connectivity index (χ4n) is 1.27. The van der Waals surface area contributed by atoms with Crippen molar-refractivity contribution < 1.29 is 14.6 Å². The zero-order chi connectivity index (χ0) is 10.8. The highest BCUT2D eigenvalue weighted by molar-refractivity contribution is 5.68. The first-order chi connectivity index (χ1) is 6.38. The zero-order valence-electron chi connectivity index (χ0n) is 8.83. The van der Waals surface area contributed by atoms with E-state index in [-0.39, 0.29) is 6.04 Å². The number of rotatable bonds is 1. The van der Waals surface area contributed by atoms with Gasteiger partial charge in [-0.3, -0.25) is 0 Å². The number of hydrogen-bond donors (Lipinski definition) is 3. The predicted octanol–water partition coefficient (Wildman–Crippen LogP) is -0.156. The molecule has 1 rings (SSSR count). The Morgan fingerprint density at radius 1 is 1.50 bits per heavy atom. The zero-order valence-corrected chi connectivity index (χ0v) is 8.83. The van der Waals surface area contributed by atoms with Gasteiger partial charge >= 0.3 is 6.09 Å². The lowest BCUT2D eigenvalue weighted by atomic mass is 10.2. The molecule has 1 heterocycles. The van der Waals surface area contributed by atoms with E-state index in [0.717, 1.165) is 0 Å². The molecule has 2 atom stereocenters. The van der Waals surface area contributed by atoms with Crippen LogP contribution in [0.3, 0.4) is 0 Å². The van der Waals surface area contributed by atoms with Crippen LogP contribution in [0.1, 0.15) is 20.8 Å².